The van der Waals surface area contributed by atoms with Crippen LogP contribution in [0.1, 0.15) is 10.4 Å². The van der Waals surface area contributed by atoms with E-state index < -0.39 is 15.7 Å². The van der Waals surface area contributed by atoms with Gasteiger partial charge in [-0.05, 0) is 18.2 Å². The first kappa shape index (κ1) is 13.9. The van der Waals surface area contributed by atoms with Crippen LogP contribution >= 0.6 is 11.8 Å². The normalized spacial score (nSPS) is 11.4. The van der Waals surface area contributed by atoms with Crippen molar-refractivity contribution in [3.05, 3.63) is 23.8 Å². The minimum Gasteiger partial charge on any atom is -0.398 e. The van der Waals surface area contributed by atoms with Gasteiger partial charge in [-0.2, -0.15) is 0 Å². The van der Waals surface area contributed by atoms with Gasteiger partial charge in [-0.3, -0.25) is 4.79 Å². The number of anilines is 1. The summed E-state index contributed by atoms with van der Waals surface area (Å²) in [4.78, 5) is 11.6. The van der Waals surface area contributed by atoms with Gasteiger partial charge in [0.1, 0.15) is 9.84 Å². The number of carbonyl (C=O) groups excluding carboxylic acids is 1. The number of thioether (sulfide) groups is 1. The van der Waals surface area contributed by atoms with Gasteiger partial charge in [0.2, 0.25) is 5.91 Å². The number of amides is 1. The number of benzene rings is 1. The van der Waals surface area contributed by atoms with Gasteiger partial charge in [-0.1, -0.05) is 0 Å². The number of hydrogen-bond donors (Lipinski definition) is 2. The van der Waals surface area contributed by atoms with E-state index in [9.17, 15) is 13.2 Å². The molecule has 0 fully saturated rings. The Bertz CT molecular complexity index is 526. The van der Waals surface area contributed by atoms with E-state index in [0.717, 1.165) is 0 Å². The third-order valence-electron chi connectivity index (χ3n) is 2.01. The highest BCUT2D eigenvalue weighted by Gasteiger charge is 2.07. The molecule has 17 heavy (non-hydrogen) atoms. The zero-order chi connectivity index (χ0) is 13.1. The van der Waals surface area contributed by atoms with Crippen LogP contribution in [0.5, 0.6) is 0 Å². The van der Waals surface area contributed by atoms with Crippen LogP contribution in [0.3, 0.4) is 0 Å². The lowest BCUT2D eigenvalue weighted by Crippen LogP contribution is -2.11. The molecule has 1 aromatic carbocycles. The molecule has 0 saturated heterocycles. The molecule has 1 aromatic rings. The second-order valence-electron chi connectivity index (χ2n) is 3.60. The van der Waals surface area contributed by atoms with Gasteiger partial charge < -0.3 is 11.5 Å². The van der Waals surface area contributed by atoms with Gasteiger partial charge in [0.25, 0.3) is 0 Å². The molecule has 0 heterocycles. The van der Waals surface area contributed by atoms with Gasteiger partial charge in [-0.25, -0.2) is 8.42 Å². The molecule has 0 aliphatic rings. The predicted molar refractivity (Wildman–Crippen MR) is 69.8 cm³/mol. The number of carbonyl (C=O) groups is 1. The summed E-state index contributed by atoms with van der Waals surface area (Å²) in [6.07, 6.45) is 1.18. The maximum atomic E-state index is 11.0. The molecule has 0 aromatic heterocycles. The molecule has 1 rings (SSSR count). The fourth-order valence-electron chi connectivity index (χ4n) is 1.12. The van der Waals surface area contributed by atoms with Crippen molar-refractivity contribution in [1.29, 1.82) is 0 Å². The van der Waals surface area contributed by atoms with E-state index in [1.54, 1.807) is 12.1 Å². The monoisotopic (exact) mass is 274 g/mol. The largest absolute Gasteiger partial charge is 0.398 e. The molecule has 0 bridgehead atoms. The van der Waals surface area contributed by atoms with E-state index >= 15 is 0 Å². The molecule has 0 spiro atoms. The smallest absolute Gasteiger partial charge is 0.248 e. The topological polar surface area (TPSA) is 103 Å². The average Bonchev–Trinajstić information content (AvgIpc) is 2.18. The van der Waals surface area contributed by atoms with E-state index in [-0.39, 0.29) is 5.75 Å². The molecule has 94 valence electrons. The molecule has 0 unspecified atom stereocenters. The summed E-state index contributed by atoms with van der Waals surface area (Å²) >= 11 is 1.29. The number of nitrogens with two attached hydrogens (primary N) is 2. The molecule has 0 radical (unpaired) electrons. The van der Waals surface area contributed by atoms with Gasteiger partial charge >= 0.3 is 0 Å². The molecule has 0 aliphatic carbocycles. The predicted octanol–water partition coefficient (Wildman–Crippen LogP) is 0.504. The first-order valence-electron chi connectivity index (χ1n) is 4.79. The van der Waals surface area contributed by atoms with Gasteiger partial charge in [0.15, 0.2) is 0 Å². The van der Waals surface area contributed by atoms with Crippen molar-refractivity contribution in [1.82, 2.24) is 0 Å². The van der Waals surface area contributed by atoms with Crippen LogP contribution < -0.4 is 11.5 Å². The molecule has 5 nitrogen and oxygen atoms in total. The molecule has 7 heteroatoms. The van der Waals surface area contributed by atoms with Crippen molar-refractivity contribution >= 4 is 33.2 Å². The Morgan fingerprint density at radius 1 is 1.41 bits per heavy atom. The fraction of sp³-hybridized carbons (Fsp3) is 0.300. The lowest BCUT2D eigenvalue weighted by Gasteiger charge is -2.06. The molecule has 0 atom stereocenters. The Morgan fingerprint density at radius 3 is 2.59 bits per heavy atom. The summed E-state index contributed by atoms with van der Waals surface area (Å²) in [6, 6.07) is 4.70. The third-order valence-corrected chi connectivity index (χ3v) is 4.29. The van der Waals surface area contributed by atoms with Crippen LogP contribution in [-0.4, -0.2) is 32.1 Å². The summed E-state index contributed by atoms with van der Waals surface area (Å²) < 4.78 is 21.9. The van der Waals surface area contributed by atoms with Gasteiger partial charge in [-0.15, -0.1) is 11.8 Å². The molecule has 0 saturated carbocycles. The van der Waals surface area contributed by atoms with Crippen molar-refractivity contribution in [2.24, 2.45) is 5.73 Å². The van der Waals surface area contributed by atoms with Crippen LogP contribution in [0, 0.1) is 0 Å². The van der Waals surface area contributed by atoms with Crippen molar-refractivity contribution < 1.29 is 13.2 Å². The number of nitrogen functional groups attached to an aromatic ring is 1. The van der Waals surface area contributed by atoms with Crippen LogP contribution in [0.2, 0.25) is 0 Å². The van der Waals surface area contributed by atoms with E-state index in [0.29, 0.717) is 21.9 Å². The minimum atomic E-state index is -2.99. The van der Waals surface area contributed by atoms with Crippen molar-refractivity contribution in [3.8, 4) is 0 Å². The van der Waals surface area contributed by atoms with Crippen molar-refractivity contribution in [2.75, 3.05) is 23.5 Å². The molecule has 0 aliphatic heterocycles. The van der Waals surface area contributed by atoms with E-state index in [2.05, 4.69) is 0 Å². The van der Waals surface area contributed by atoms with Crippen LogP contribution in [0.25, 0.3) is 0 Å². The maximum Gasteiger partial charge on any atom is 0.248 e. The number of primary amides is 1. The SMILES string of the molecule is CS(=O)(=O)CCSc1cc(C(N)=O)ccc1N. The zero-order valence-corrected chi connectivity index (χ0v) is 11.0. The Hall–Kier alpha value is -1.21. The lowest BCUT2D eigenvalue weighted by molar-refractivity contribution is 0.1000. The highest BCUT2D eigenvalue weighted by Crippen LogP contribution is 2.26. The Morgan fingerprint density at radius 2 is 2.06 bits per heavy atom. The highest BCUT2D eigenvalue weighted by molar-refractivity contribution is 8.00. The number of hydrogen-bond acceptors (Lipinski definition) is 5. The van der Waals surface area contributed by atoms with Gasteiger partial charge in [0, 0.05) is 28.2 Å². The zero-order valence-electron chi connectivity index (χ0n) is 9.34. The summed E-state index contributed by atoms with van der Waals surface area (Å²) in [6.45, 7) is 0. The summed E-state index contributed by atoms with van der Waals surface area (Å²) in [5.74, 6) is -0.0710. The fourth-order valence-corrected chi connectivity index (χ4v) is 3.32. The first-order valence-corrected chi connectivity index (χ1v) is 7.84. The Kier molecular flexibility index (Phi) is 4.41. The highest BCUT2D eigenvalue weighted by atomic mass is 32.2. The van der Waals surface area contributed by atoms with E-state index in [1.165, 1.54) is 24.1 Å². The lowest BCUT2D eigenvalue weighted by atomic mass is 10.2. The standard InChI is InChI=1S/C10H14N2O3S2/c1-17(14,15)5-4-16-9-6-7(10(12)13)2-3-8(9)11/h2-3,6H,4-5,11H2,1H3,(H2,12,13). The molecular formula is C10H14N2O3S2. The summed E-state index contributed by atoms with van der Waals surface area (Å²) in [5.41, 5.74) is 11.7. The third kappa shape index (κ3) is 4.66. The summed E-state index contributed by atoms with van der Waals surface area (Å²) in [7, 11) is -2.99. The van der Waals surface area contributed by atoms with Crippen molar-refractivity contribution in [2.45, 2.75) is 4.90 Å². The minimum absolute atomic E-state index is 0.0674. The van der Waals surface area contributed by atoms with Crippen LogP contribution in [0.4, 0.5) is 5.69 Å². The van der Waals surface area contributed by atoms with E-state index in [1.807, 2.05) is 0 Å². The summed E-state index contributed by atoms with van der Waals surface area (Å²) in [5, 5.41) is 0. The molecular weight excluding hydrogens is 260 g/mol. The van der Waals surface area contributed by atoms with E-state index in [4.69, 9.17) is 11.5 Å². The van der Waals surface area contributed by atoms with Gasteiger partial charge in [0.05, 0.1) is 5.75 Å². The molecule has 4 N–H and O–H groups in total. The second kappa shape index (κ2) is 5.42. The molecule has 1 amide bonds. The first-order chi connectivity index (χ1) is 7.79. The van der Waals surface area contributed by atoms with Crippen LogP contribution in [-0.2, 0) is 9.84 Å². The Labute approximate surface area is 104 Å². The maximum absolute atomic E-state index is 11.0. The average molecular weight is 274 g/mol. The Balaban J connectivity index is 2.76. The number of sulfone groups is 1. The number of rotatable bonds is 5. The second-order valence-corrected chi connectivity index (χ2v) is 6.99. The van der Waals surface area contributed by atoms with Crippen LogP contribution in [0.15, 0.2) is 23.1 Å². The quantitative estimate of drug-likeness (QED) is 0.601. The van der Waals surface area contributed by atoms with Crippen molar-refractivity contribution in [3.63, 3.8) is 0 Å².